The van der Waals surface area contributed by atoms with Gasteiger partial charge in [0, 0.05) is 184 Å². The molecule has 6 fully saturated rings. The Morgan fingerprint density at radius 3 is 0.869 bits per heavy atom. The zero-order valence-corrected chi connectivity index (χ0v) is 53.7. The summed E-state index contributed by atoms with van der Waals surface area (Å²) >= 11 is 0. The second-order valence-corrected chi connectivity index (χ2v) is 24.2. The van der Waals surface area contributed by atoms with E-state index in [1.807, 2.05) is 72.8 Å². The molecule has 1 unspecified atom stereocenters. The van der Waals surface area contributed by atoms with Crippen molar-refractivity contribution in [3.05, 3.63) is 194 Å². The van der Waals surface area contributed by atoms with Crippen molar-refractivity contribution in [2.45, 2.75) is 115 Å². The third-order valence-electron chi connectivity index (χ3n) is 17.5. The molecule has 3 atom stereocenters. The Hall–Kier alpha value is -9.69. The molecule has 24 heteroatoms. The van der Waals surface area contributed by atoms with Crippen LogP contribution in [0.25, 0.3) is 0 Å². The molecule has 0 bridgehead atoms. The van der Waals surface area contributed by atoms with Crippen molar-refractivity contribution in [3.63, 3.8) is 0 Å². The van der Waals surface area contributed by atoms with E-state index >= 15 is 0 Å². The number of anilines is 3. The molecular formula is C75H84N12O12. The summed E-state index contributed by atoms with van der Waals surface area (Å²) in [4.78, 5) is 122. The Morgan fingerprint density at radius 1 is 0.354 bits per heavy atom. The summed E-state index contributed by atoms with van der Waals surface area (Å²) in [5.74, 6) is -11.2. The largest absolute Gasteiger partial charge is 0.381 e. The molecule has 0 aromatic heterocycles. The third-order valence-corrected chi connectivity index (χ3v) is 17.5. The van der Waals surface area contributed by atoms with Crippen LogP contribution in [0.5, 0.6) is 0 Å². The Labute approximate surface area is 600 Å². The van der Waals surface area contributed by atoms with Crippen molar-refractivity contribution >= 4 is 70.2 Å². The van der Waals surface area contributed by atoms with Crippen LogP contribution >= 0.6 is 0 Å². The second-order valence-electron chi connectivity index (χ2n) is 24.2. The van der Waals surface area contributed by atoms with Crippen LogP contribution in [-0.4, -0.2) is 180 Å². The van der Waals surface area contributed by atoms with Gasteiger partial charge in [0.1, 0.15) is 18.1 Å². The van der Waals surface area contributed by atoms with Crippen LogP contribution in [0.3, 0.4) is 0 Å². The van der Waals surface area contributed by atoms with Gasteiger partial charge < -0.3 is 44.9 Å². The number of piperidine rings is 3. The number of carbonyl (C=O) groups is 9. The molecule has 0 saturated carbocycles. The Kier molecular flexibility index (Phi) is 15.5. The summed E-state index contributed by atoms with van der Waals surface area (Å²) in [5.41, 5.74) is 6.54. The molecule has 24 nitrogen and oxygen atoms in total. The highest BCUT2D eigenvalue weighted by Gasteiger charge is 2.43. The van der Waals surface area contributed by atoms with Crippen molar-refractivity contribution in [1.29, 1.82) is 0 Å². The van der Waals surface area contributed by atoms with E-state index in [4.69, 9.17) is 38.9 Å². The van der Waals surface area contributed by atoms with Gasteiger partial charge in [-0.25, -0.2) is 0 Å². The molecule has 9 aliphatic heterocycles. The van der Waals surface area contributed by atoms with Crippen LogP contribution in [0.15, 0.2) is 127 Å². The van der Waals surface area contributed by atoms with E-state index < -0.39 is 129 Å². The van der Waals surface area contributed by atoms with E-state index in [1.54, 1.807) is 52.3 Å². The molecule has 9 heterocycles. The molecular weight excluding hydrogens is 1260 g/mol. The molecule has 6 N–H and O–H groups in total. The first kappa shape index (κ1) is 48.9. The second kappa shape index (κ2) is 31.4. The number of amides is 9. The molecule has 0 spiro atoms. The fourth-order valence-electron chi connectivity index (χ4n) is 12.2. The van der Waals surface area contributed by atoms with Crippen molar-refractivity contribution in [3.8, 4) is 0 Å². The fourth-order valence-corrected chi connectivity index (χ4v) is 12.2. The number of benzene rings is 6. The minimum atomic E-state index is -3.19. The van der Waals surface area contributed by atoms with Crippen LogP contribution in [0.2, 0.25) is 0 Å². The number of morpholine rings is 3. The predicted octanol–water partition coefficient (Wildman–Crippen LogP) is 5.68. The predicted molar refractivity (Wildman–Crippen MR) is 367 cm³/mol. The number of fused-ring (bicyclic) bond motifs is 3. The van der Waals surface area contributed by atoms with Gasteiger partial charge in [0.2, 0.25) is 35.4 Å². The van der Waals surface area contributed by atoms with E-state index in [0.29, 0.717) is 34.3 Å². The molecule has 9 aliphatic rings. The van der Waals surface area contributed by atoms with Crippen LogP contribution in [-0.2, 0) is 102 Å². The van der Waals surface area contributed by atoms with Gasteiger partial charge in [0.25, 0.3) is 17.7 Å². The number of imide groups is 3. The fraction of sp³-hybridized carbons (Fsp3) is 0.400. The van der Waals surface area contributed by atoms with Gasteiger partial charge >= 0.3 is 0 Å². The van der Waals surface area contributed by atoms with Gasteiger partial charge in [-0.05, 0) is 88.9 Å². The smallest absolute Gasteiger partial charge is 0.255 e. The lowest BCUT2D eigenvalue weighted by Gasteiger charge is -2.29. The molecule has 0 radical (unpaired) electrons. The number of carbonyl (C=O) groups excluding carboxylic acids is 9. The average Bonchev–Trinajstić information content (AvgIpc) is 1.61. The van der Waals surface area contributed by atoms with Gasteiger partial charge in [-0.1, -0.05) is 91.0 Å². The minimum absolute atomic E-state index is 0.0769. The number of rotatable bonds is 18. The van der Waals surface area contributed by atoms with E-state index in [-0.39, 0.29) is 50.4 Å². The van der Waals surface area contributed by atoms with Crippen molar-refractivity contribution in [2.75, 3.05) is 94.9 Å². The maximum absolute atomic E-state index is 13.4. The normalized spacial score (nSPS) is 28.4. The monoisotopic (exact) mass is 1360 g/mol. The third kappa shape index (κ3) is 16.4. The Balaban J connectivity index is 0.000000152. The summed E-state index contributed by atoms with van der Waals surface area (Å²) < 4.78 is 166. The molecule has 15 rings (SSSR count). The molecule has 9 amide bonds. The van der Waals surface area contributed by atoms with Crippen molar-refractivity contribution in [2.24, 2.45) is 0 Å². The van der Waals surface area contributed by atoms with E-state index in [9.17, 15) is 43.2 Å². The number of hydrogen-bond acceptors (Lipinski definition) is 18. The summed E-state index contributed by atoms with van der Waals surface area (Å²) in [5, 5.41) is 14.7. The van der Waals surface area contributed by atoms with Crippen LogP contribution in [0, 0.1) is 0 Å². The van der Waals surface area contributed by atoms with Gasteiger partial charge in [0.05, 0.1) is 47.9 Å². The average molecular weight is 1360 g/mol. The van der Waals surface area contributed by atoms with Crippen LogP contribution < -0.4 is 31.9 Å². The first-order valence-electron chi connectivity index (χ1n) is 41.4. The van der Waals surface area contributed by atoms with Crippen LogP contribution in [0.1, 0.15) is 144 Å². The lowest BCUT2D eigenvalue weighted by Crippen LogP contribution is -2.52. The van der Waals surface area contributed by atoms with Gasteiger partial charge in [-0.15, -0.1) is 0 Å². The topological polar surface area (TPSA) is 273 Å². The number of ether oxygens (including phenoxy) is 3. The zero-order valence-electron chi connectivity index (χ0n) is 71.7. The lowest BCUT2D eigenvalue weighted by molar-refractivity contribution is -0.138. The van der Waals surface area contributed by atoms with Gasteiger partial charge in [-0.2, -0.15) is 0 Å². The summed E-state index contributed by atoms with van der Waals surface area (Å²) in [6.45, 7) is 4.93. The van der Waals surface area contributed by atoms with E-state index in [0.717, 1.165) is 132 Å². The first-order valence-corrected chi connectivity index (χ1v) is 32.4. The molecule has 6 saturated heterocycles. The maximum atomic E-state index is 13.4. The summed E-state index contributed by atoms with van der Waals surface area (Å²) in [7, 11) is 0. The minimum Gasteiger partial charge on any atom is -0.381 e. The molecule has 516 valence electrons. The van der Waals surface area contributed by atoms with Gasteiger partial charge in [0.15, 0.2) is 0 Å². The molecule has 6 aromatic carbocycles. The zero-order chi connectivity index (χ0) is 84.5. The summed E-state index contributed by atoms with van der Waals surface area (Å²) in [6.07, 6.45) is -19.1. The first-order chi connectivity index (χ1) is 55.1. The highest BCUT2D eigenvalue weighted by atomic mass is 16.5. The number of nitrogens with one attached hydrogen (secondary N) is 6. The van der Waals surface area contributed by atoms with Crippen molar-refractivity contribution < 1.29 is 82.0 Å². The van der Waals surface area contributed by atoms with Gasteiger partial charge in [-0.3, -0.25) is 73.8 Å². The highest BCUT2D eigenvalue weighted by Crippen LogP contribution is 2.36. The van der Waals surface area contributed by atoms with Crippen molar-refractivity contribution in [1.82, 2.24) is 45.3 Å². The number of hydrogen-bond donors (Lipinski definition) is 6. The quantitative estimate of drug-likeness (QED) is 0.0565. The van der Waals surface area contributed by atoms with E-state index in [1.165, 1.54) is 18.2 Å². The SMILES string of the molecule is [2H]C1([2H])c2c(NCc3ccc(CN4CCOCC4)cc3)cccc2C(=O)N1C1C(=O)NC(=O)C([2H])([2H])C1([2H])[2H].[2H]C1([2H])c2c(NCc3ccc(CN4CCOCC4)cc3)cccc2C(=O)N1[C@@H]1C(=O)NC(=O)C([2H])([2H])C1([2H])[2H].[2H]C1([2H])c2c(NCc3ccc(CN4CCOCC4)cc3)cccc2C(=O)N1[C@H]1C(=O)NC(=O)C([2H])([2H])C1([2H])[2H]. The standard InChI is InChI=1S/3C25H28N4O4/c3*30-23-9-8-22(24(31)27-23)29-16-20-19(25(29)32)2-1-3-21(20)26-14-17-4-6-18(7-5-17)15-28-10-12-33-13-11-28/h3*1-7,22,26H,8-16H2,(H,27,30,31)/t2*22-;/m10./s1/i3*8D2,9D2,16D2. The maximum Gasteiger partial charge on any atom is 0.255 e. The molecule has 99 heavy (non-hydrogen) atoms. The molecule has 0 aliphatic carbocycles. The Morgan fingerprint density at radius 2 is 0.606 bits per heavy atom. The molecule has 6 aromatic rings. The Bertz CT molecular complexity index is 4420. The highest BCUT2D eigenvalue weighted by molar-refractivity contribution is 6.08. The number of nitrogens with zero attached hydrogens (tertiary/aromatic N) is 6. The van der Waals surface area contributed by atoms with Crippen LogP contribution in [0.4, 0.5) is 17.1 Å². The summed E-state index contributed by atoms with van der Waals surface area (Å²) in [6, 6.07) is 30.7. The van der Waals surface area contributed by atoms with E-state index in [2.05, 4.69) is 30.7 Å². The lowest BCUT2D eigenvalue weighted by atomic mass is 10.0.